The van der Waals surface area contributed by atoms with Gasteiger partial charge in [0.05, 0.1) is 24.8 Å². The monoisotopic (exact) mass is 252 g/mol. The molecule has 1 N–H and O–H groups in total. The van der Waals surface area contributed by atoms with Crippen LogP contribution in [0.3, 0.4) is 0 Å². The second kappa shape index (κ2) is 5.49. The molecule has 0 aliphatic carbocycles. The van der Waals surface area contributed by atoms with Crippen LogP contribution < -0.4 is 5.32 Å². The Morgan fingerprint density at radius 1 is 1.67 bits per heavy atom. The maximum absolute atomic E-state index is 12.0. The Morgan fingerprint density at radius 3 is 3.06 bits per heavy atom. The number of nitrogens with one attached hydrogen (secondary N) is 1. The Hall–Kier alpha value is -1.40. The SMILES string of the molecule is CC(C(=O)N(C)C)n1cncc1C1CNCCO1. The van der Waals surface area contributed by atoms with E-state index in [-0.39, 0.29) is 18.1 Å². The molecule has 2 rings (SSSR count). The van der Waals surface area contributed by atoms with Crippen LogP contribution in [0.2, 0.25) is 0 Å². The molecule has 1 fully saturated rings. The predicted molar refractivity (Wildman–Crippen MR) is 67.2 cm³/mol. The topological polar surface area (TPSA) is 59.4 Å². The van der Waals surface area contributed by atoms with E-state index in [1.807, 2.05) is 11.5 Å². The molecule has 1 aliphatic heterocycles. The second-order valence-corrected chi connectivity index (χ2v) is 4.70. The van der Waals surface area contributed by atoms with Crippen LogP contribution in [-0.4, -0.2) is 54.1 Å². The first-order valence-electron chi connectivity index (χ1n) is 6.16. The summed E-state index contributed by atoms with van der Waals surface area (Å²) in [7, 11) is 3.52. The average molecular weight is 252 g/mol. The fourth-order valence-electron chi connectivity index (χ4n) is 2.14. The lowest BCUT2D eigenvalue weighted by atomic mass is 10.2. The summed E-state index contributed by atoms with van der Waals surface area (Å²) >= 11 is 0. The maximum atomic E-state index is 12.0. The summed E-state index contributed by atoms with van der Waals surface area (Å²) in [6.45, 7) is 4.20. The Balaban J connectivity index is 2.18. The zero-order valence-corrected chi connectivity index (χ0v) is 11.1. The number of aromatic nitrogens is 2. The number of carbonyl (C=O) groups excluding carboxylic acids is 1. The van der Waals surface area contributed by atoms with Crippen molar-refractivity contribution in [3.63, 3.8) is 0 Å². The van der Waals surface area contributed by atoms with Crippen molar-refractivity contribution in [2.45, 2.75) is 19.1 Å². The summed E-state index contributed by atoms with van der Waals surface area (Å²) in [5, 5.41) is 3.28. The highest BCUT2D eigenvalue weighted by molar-refractivity contribution is 5.79. The highest BCUT2D eigenvalue weighted by Gasteiger charge is 2.24. The molecule has 1 aliphatic rings. The first kappa shape index (κ1) is 13.0. The van der Waals surface area contributed by atoms with Gasteiger partial charge in [0.2, 0.25) is 5.91 Å². The first-order chi connectivity index (χ1) is 8.61. The van der Waals surface area contributed by atoms with Gasteiger partial charge in [0, 0.05) is 27.2 Å². The van der Waals surface area contributed by atoms with E-state index in [1.54, 1.807) is 31.5 Å². The zero-order chi connectivity index (χ0) is 13.1. The van der Waals surface area contributed by atoms with Gasteiger partial charge in [-0.3, -0.25) is 4.79 Å². The minimum Gasteiger partial charge on any atom is -0.369 e. The third kappa shape index (κ3) is 2.54. The molecule has 100 valence electrons. The standard InChI is InChI=1S/C12H20N4O2/c1-9(12(17)15(2)3)16-8-14-6-10(16)11-7-13-4-5-18-11/h6,8-9,11,13H,4-5,7H2,1-3H3. The maximum Gasteiger partial charge on any atom is 0.244 e. The van der Waals surface area contributed by atoms with E-state index >= 15 is 0 Å². The molecule has 0 saturated carbocycles. The zero-order valence-electron chi connectivity index (χ0n) is 11.1. The van der Waals surface area contributed by atoms with Crippen molar-refractivity contribution in [2.24, 2.45) is 0 Å². The number of carbonyl (C=O) groups is 1. The van der Waals surface area contributed by atoms with Crippen LogP contribution in [0.5, 0.6) is 0 Å². The van der Waals surface area contributed by atoms with Crippen molar-refractivity contribution in [2.75, 3.05) is 33.8 Å². The van der Waals surface area contributed by atoms with Crippen LogP contribution >= 0.6 is 0 Å². The molecule has 1 saturated heterocycles. The second-order valence-electron chi connectivity index (χ2n) is 4.70. The van der Waals surface area contributed by atoms with Crippen molar-refractivity contribution in [3.8, 4) is 0 Å². The van der Waals surface area contributed by atoms with E-state index in [9.17, 15) is 4.79 Å². The predicted octanol–water partition coefficient (Wildman–Crippen LogP) is 0.193. The molecule has 6 nitrogen and oxygen atoms in total. The molecule has 0 bridgehead atoms. The van der Waals surface area contributed by atoms with Gasteiger partial charge in [-0.25, -0.2) is 4.98 Å². The largest absolute Gasteiger partial charge is 0.369 e. The van der Waals surface area contributed by atoms with Crippen molar-refractivity contribution in [3.05, 3.63) is 18.2 Å². The van der Waals surface area contributed by atoms with E-state index in [2.05, 4.69) is 10.3 Å². The van der Waals surface area contributed by atoms with Crippen LogP contribution in [0.15, 0.2) is 12.5 Å². The van der Waals surface area contributed by atoms with Gasteiger partial charge in [0.15, 0.2) is 0 Å². The Morgan fingerprint density at radius 2 is 2.44 bits per heavy atom. The molecule has 0 aromatic carbocycles. The fourth-order valence-corrected chi connectivity index (χ4v) is 2.14. The summed E-state index contributed by atoms with van der Waals surface area (Å²) in [6.07, 6.45) is 3.44. The molecule has 2 heterocycles. The van der Waals surface area contributed by atoms with E-state index in [0.717, 1.165) is 18.8 Å². The van der Waals surface area contributed by atoms with E-state index in [1.165, 1.54) is 0 Å². The number of nitrogens with zero attached hydrogens (tertiary/aromatic N) is 3. The fraction of sp³-hybridized carbons (Fsp3) is 0.667. The molecule has 0 spiro atoms. The lowest BCUT2D eigenvalue weighted by molar-refractivity contribution is -0.131. The molecule has 18 heavy (non-hydrogen) atoms. The number of ether oxygens (including phenoxy) is 1. The van der Waals surface area contributed by atoms with Gasteiger partial charge in [0.25, 0.3) is 0 Å². The summed E-state index contributed by atoms with van der Waals surface area (Å²) in [5.74, 6) is 0.0537. The number of rotatable bonds is 3. The van der Waals surface area contributed by atoms with Gasteiger partial charge < -0.3 is 19.5 Å². The van der Waals surface area contributed by atoms with E-state index in [0.29, 0.717) is 6.61 Å². The van der Waals surface area contributed by atoms with Gasteiger partial charge >= 0.3 is 0 Å². The lowest BCUT2D eigenvalue weighted by Gasteiger charge is -2.27. The van der Waals surface area contributed by atoms with Crippen LogP contribution in [0.1, 0.15) is 24.8 Å². The van der Waals surface area contributed by atoms with Crippen molar-refractivity contribution < 1.29 is 9.53 Å². The third-order valence-electron chi connectivity index (χ3n) is 3.17. The van der Waals surface area contributed by atoms with Crippen LogP contribution in [0, 0.1) is 0 Å². The highest BCUT2D eigenvalue weighted by atomic mass is 16.5. The number of hydrogen-bond acceptors (Lipinski definition) is 4. The van der Waals surface area contributed by atoms with Gasteiger partial charge in [-0.05, 0) is 6.92 Å². The number of amides is 1. The quantitative estimate of drug-likeness (QED) is 0.834. The molecule has 2 unspecified atom stereocenters. The summed E-state index contributed by atoms with van der Waals surface area (Å²) in [6, 6.07) is -0.261. The molecule has 1 aromatic heterocycles. The Kier molecular flexibility index (Phi) is 3.98. The lowest BCUT2D eigenvalue weighted by Crippen LogP contribution is -2.36. The number of likely N-dealkylation sites (N-methyl/N-ethyl adjacent to an activating group) is 1. The van der Waals surface area contributed by atoms with Crippen molar-refractivity contribution in [1.82, 2.24) is 19.8 Å². The Bertz CT molecular complexity index is 410. The smallest absolute Gasteiger partial charge is 0.244 e. The molecular formula is C12H20N4O2. The highest BCUT2D eigenvalue weighted by Crippen LogP contribution is 2.22. The molecule has 1 aromatic rings. The normalized spacial score (nSPS) is 21.6. The third-order valence-corrected chi connectivity index (χ3v) is 3.17. The Labute approximate surface area is 107 Å². The van der Waals surface area contributed by atoms with Gasteiger partial charge in [-0.2, -0.15) is 0 Å². The molecular weight excluding hydrogens is 232 g/mol. The van der Waals surface area contributed by atoms with Crippen LogP contribution in [0.25, 0.3) is 0 Å². The molecule has 1 amide bonds. The van der Waals surface area contributed by atoms with E-state index in [4.69, 9.17) is 4.74 Å². The summed E-state index contributed by atoms with van der Waals surface area (Å²) in [5.41, 5.74) is 0.949. The first-order valence-corrected chi connectivity index (χ1v) is 6.16. The minimum atomic E-state index is -0.261. The summed E-state index contributed by atoms with van der Waals surface area (Å²) < 4.78 is 7.59. The van der Waals surface area contributed by atoms with Crippen molar-refractivity contribution >= 4 is 5.91 Å². The number of imidazole rings is 1. The van der Waals surface area contributed by atoms with Gasteiger partial charge in [0.1, 0.15) is 12.1 Å². The minimum absolute atomic E-state index is 0.0290. The summed E-state index contributed by atoms with van der Waals surface area (Å²) in [4.78, 5) is 17.7. The van der Waals surface area contributed by atoms with Crippen LogP contribution in [0.4, 0.5) is 0 Å². The van der Waals surface area contributed by atoms with Crippen LogP contribution in [-0.2, 0) is 9.53 Å². The number of hydrogen-bond donors (Lipinski definition) is 1. The molecule has 0 radical (unpaired) electrons. The number of morpholine rings is 1. The average Bonchev–Trinajstić information content (AvgIpc) is 2.87. The molecule has 6 heteroatoms. The van der Waals surface area contributed by atoms with Gasteiger partial charge in [-0.1, -0.05) is 0 Å². The van der Waals surface area contributed by atoms with Crippen molar-refractivity contribution in [1.29, 1.82) is 0 Å². The van der Waals surface area contributed by atoms with E-state index < -0.39 is 0 Å². The molecule has 2 atom stereocenters. The van der Waals surface area contributed by atoms with Gasteiger partial charge in [-0.15, -0.1) is 0 Å².